The third-order valence-electron chi connectivity index (χ3n) is 9.29. The molecule has 24 heteroatoms. The number of aliphatic hydroxyl groups is 1. The lowest BCUT2D eigenvalue weighted by atomic mass is 10.1. The molecule has 9 rings (SSSR count). The van der Waals surface area contributed by atoms with Gasteiger partial charge in [-0.15, -0.1) is 0 Å². The average molecular weight is 750 g/mol. The van der Waals surface area contributed by atoms with E-state index >= 15 is 4.39 Å². The van der Waals surface area contributed by atoms with E-state index in [1.807, 2.05) is 0 Å². The molecule has 4 aromatic rings. The van der Waals surface area contributed by atoms with E-state index in [2.05, 4.69) is 40.8 Å². The van der Waals surface area contributed by atoms with Crippen molar-refractivity contribution in [3.05, 3.63) is 24.0 Å². The molecule has 0 aromatic carbocycles. The van der Waals surface area contributed by atoms with Crippen LogP contribution in [0.1, 0.15) is 36.7 Å². The highest BCUT2D eigenvalue weighted by atomic mass is 32.5. The number of aromatic nitrogens is 8. The van der Waals surface area contributed by atoms with E-state index in [0.29, 0.717) is 71.0 Å². The summed E-state index contributed by atoms with van der Waals surface area (Å²) in [5.41, 5.74) is 2.06. The van der Waals surface area contributed by atoms with E-state index in [0.717, 1.165) is 12.8 Å². The molecule has 2 radical (unpaired) electrons. The lowest BCUT2D eigenvalue weighted by Gasteiger charge is -2.30. The van der Waals surface area contributed by atoms with Crippen molar-refractivity contribution in [2.45, 2.75) is 74.8 Å². The zero-order valence-corrected chi connectivity index (χ0v) is 28.6. The molecule has 50 heavy (non-hydrogen) atoms. The summed E-state index contributed by atoms with van der Waals surface area (Å²) >= 11 is 5.32. The van der Waals surface area contributed by atoms with Crippen LogP contribution in [0.15, 0.2) is 12.7 Å². The fourth-order valence-electron chi connectivity index (χ4n) is 7.05. The minimum Gasteiger partial charge on any atom is -0.385 e. The maximum Gasteiger partial charge on any atom is 0.325 e. The first-order valence-electron chi connectivity index (χ1n) is 16.0. The highest BCUT2D eigenvalue weighted by molar-refractivity contribution is 8.07. The first-order valence-corrected chi connectivity index (χ1v) is 20.2. The number of aliphatic hydroxyl groups excluding tert-OH is 1. The highest BCUT2D eigenvalue weighted by Crippen LogP contribution is 2.54. The molecule has 19 nitrogen and oxygen atoms in total. The van der Waals surface area contributed by atoms with Gasteiger partial charge in [0.05, 0.1) is 35.4 Å². The molecule has 0 amide bonds. The Labute approximate surface area is 288 Å². The minimum atomic E-state index is -4.54. The fourth-order valence-corrected chi connectivity index (χ4v) is 9.50. The molecule has 0 saturated carbocycles. The summed E-state index contributed by atoms with van der Waals surface area (Å²) in [6.07, 6.45) is -6.22. The molecule has 0 bridgehead atoms. The summed E-state index contributed by atoms with van der Waals surface area (Å²) < 4.78 is 67.4. The molecular formula is C26H30BFN10O9P2S. The Morgan fingerprint density at radius 2 is 1.42 bits per heavy atom. The molecular weight excluding hydrogens is 720 g/mol. The van der Waals surface area contributed by atoms with Crippen molar-refractivity contribution in [1.29, 1.82) is 0 Å². The summed E-state index contributed by atoms with van der Waals surface area (Å²) in [7, 11) is 1.47. The van der Waals surface area contributed by atoms with E-state index in [-0.39, 0.29) is 0 Å². The lowest BCUT2D eigenvalue weighted by molar-refractivity contribution is -0.0612. The SMILES string of the molecule is [B]P1(=O)OC[C@H]2O[C@@H](n3nc4c5c(ncnc53)NCCC4)C(O)C2OP(O)(=S)OC[C@H]2O[C@@H](n3nc4c5c(ncnc53)NCCC4)C(F)C2O1. The van der Waals surface area contributed by atoms with Gasteiger partial charge in [-0.2, -0.15) is 10.2 Å². The van der Waals surface area contributed by atoms with E-state index in [9.17, 15) is 14.6 Å². The van der Waals surface area contributed by atoms with Gasteiger partial charge in [0.1, 0.15) is 54.8 Å². The second-order valence-corrected chi connectivity index (χ2v) is 16.8. The van der Waals surface area contributed by atoms with Crippen molar-refractivity contribution in [2.75, 3.05) is 36.9 Å². The number of rotatable bonds is 2. The van der Waals surface area contributed by atoms with Gasteiger partial charge in [-0.25, -0.2) is 33.7 Å². The molecule has 4 aromatic heterocycles. The molecule has 3 saturated heterocycles. The molecule has 4 N–H and O–H groups in total. The van der Waals surface area contributed by atoms with Crippen molar-refractivity contribution in [3.8, 4) is 0 Å². The van der Waals surface area contributed by atoms with E-state index in [4.69, 9.17) is 46.9 Å². The Balaban J connectivity index is 1.00. The van der Waals surface area contributed by atoms with Gasteiger partial charge in [0, 0.05) is 13.1 Å². The monoisotopic (exact) mass is 750 g/mol. The molecule has 5 aliphatic rings. The third-order valence-corrected chi connectivity index (χ3v) is 11.9. The van der Waals surface area contributed by atoms with Gasteiger partial charge in [0.25, 0.3) is 7.47 Å². The normalized spacial score (nSPS) is 37.5. The Morgan fingerprint density at radius 3 is 2.06 bits per heavy atom. The number of ether oxygens (including phenoxy) is 2. The summed E-state index contributed by atoms with van der Waals surface area (Å²) in [5.74, 6) is 1.16. The first kappa shape index (κ1) is 33.1. The number of halogens is 1. The number of aryl methyl sites for hydroxylation is 2. The van der Waals surface area contributed by atoms with Crippen LogP contribution < -0.4 is 10.6 Å². The molecule has 5 aliphatic heterocycles. The van der Waals surface area contributed by atoms with Crippen LogP contribution >= 0.6 is 14.2 Å². The molecule has 3 fully saturated rings. The van der Waals surface area contributed by atoms with Crippen LogP contribution in [-0.2, 0) is 56.8 Å². The number of anilines is 2. The molecule has 264 valence electrons. The van der Waals surface area contributed by atoms with Gasteiger partial charge in [0.15, 0.2) is 29.9 Å². The van der Waals surface area contributed by atoms with E-state index < -0.39 is 76.6 Å². The van der Waals surface area contributed by atoms with Crippen molar-refractivity contribution in [1.82, 2.24) is 39.5 Å². The van der Waals surface area contributed by atoms with Crippen LogP contribution in [0.4, 0.5) is 16.0 Å². The maximum absolute atomic E-state index is 16.4. The van der Waals surface area contributed by atoms with Crippen molar-refractivity contribution in [2.24, 2.45) is 0 Å². The Hall–Kier alpha value is -2.75. The maximum atomic E-state index is 16.4. The van der Waals surface area contributed by atoms with Crippen molar-refractivity contribution >= 4 is 67.3 Å². The van der Waals surface area contributed by atoms with Gasteiger partial charge in [-0.1, -0.05) is 0 Å². The predicted molar refractivity (Wildman–Crippen MR) is 175 cm³/mol. The fraction of sp³-hybridized carbons (Fsp3) is 0.615. The number of hydrogen-bond acceptors (Lipinski definition) is 17. The van der Waals surface area contributed by atoms with Crippen LogP contribution in [0.3, 0.4) is 0 Å². The van der Waals surface area contributed by atoms with Gasteiger partial charge < -0.3 is 43.7 Å². The van der Waals surface area contributed by atoms with Gasteiger partial charge >= 0.3 is 6.72 Å². The molecule has 10 atom stereocenters. The second kappa shape index (κ2) is 12.4. The summed E-state index contributed by atoms with van der Waals surface area (Å²) in [6.45, 7) is -3.95. The first-order chi connectivity index (χ1) is 24.1. The standard InChI is InChI=1S/C26H30BFN10O9P2S/c27-48(40)42-7-14-20(18(39)26(45-14)38-24-16-12(36-38)4-2-6-30-22(16)32-10-34-24)47-49(41,50)43-8-13-19(46-48)17(28)25(44-13)37-23-15-11(35-37)3-1-5-29-21(15)31-9-33-23/h9-10,13-14,17-20,25-26,39H,1-8H2,(H,41,50)(H,29,31,33)(H,30,32,34)/t13-,14-,17?,18?,19?,20?,25-,26-,48?,49?/m1/s1. The molecule has 0 aliphatic carbocycles. The zero-order chi connectivity index (χ0) is 34.4. The van der Waals surface area contributed by atoms with E-state index in [1.165, 1.54) is 22.0 Å². The summed E-state index contributed by atoms with van der Waals surface area (Å²) in [6, 6.07) is 0. The number of fused-ring (bicyclic) bond motifs is 2. The third kappa shape index (κ3) is 5.65. The molecule has 9 heterocycles. The molecule has 6 unspecified atom stereocenters. The predicted octanol–water partition coefficient (Wildman–Crippen LogP) is 1.19. The Morgan fingerprint density at radius 1 is 0.860 bits per heavy atom. The zero-order valence-electron chi connectivity index (χ0n) is 26.0. The number of hydrogen-bond donors (Lipinski definition) is 4. The topological polar surface area (TPSA) is 224 Å². The smallest absolute Gasteiger partial charge is 0.325 e. The van der Waals surface area contributed by atoms with Crippen LogP contribution in [0.25, 0.3) is 22.1 Å². The Bertz CT molecular complexity index is 1940. The lowest BCUT2D eigenvalue weighted by Crippen LogP contribution is -2.38. The number of nitrogens with one attached hydrogen (secondary N) is 2. The quantitative estimate of drug-likeness (QED) is 0.167. The number of nitrogens with zero attached hydrogens (tertiary/aromatic N) is 8. The number of alkyl halides is 1. The van der Waals surface area contributed by atoms with Crippen LogP contribution in [0.2, 0.25) is 0 Å². The highest BCUT2D eigenvalue weighted by Gasteiger charge is 2.54. The molecule has 0 spiro atoms. The largest absolute Gasteiger partial charge is 0.385 e. The van der Waals surface area contributed by atoms with Crippen molar-refractivity contribution in [3.63, 3.8) is 0 Å². The van der Waals surface area contributed by atoms with Crippen LogP contribution in [0, 0.1) is 0 Å². The van der Waals surface area contributed by atoms with Crippen LogP contribution in [-0.4, -0.2) is 120 Å². The van der Waals surface area contributed by atoms with Gasteiger partial charge in [0.2, 0.25) is 7.57 Å². The van der Waals surface area contributed by atoms with Crippen molar-refractivity contribution < 1.29 is 46.5 Å². The van der Waals surface area contributed by atoms with Gasteiger partial charge in [-0.05, 0) is 37.5 Å². The van der Waals surface area contributed by atoms with Gasteiger partial charge in [-0.3, -0.25) is 9.09 Å². The summed E-state index contributed by atoms with van der Waals surface area (Å²) in [5, 5.41) is 28.6. The van der Waals surface area contributed by atoms with Crippen LogP contribution in [0.5, 0.6) is 0 Å². The van der Waals surface area contributed by atoms with E-state index in [1.54, 1.807) is 0 Å². The minimum absolute atomic E-state index is 0.315. The second-order valence-electron chi connectivity index (χ2n) is 12.5. The summed E-state index contributed by atoms with van der Waals surface area (Å²) in [4.78, 5) is 28.5. The average Bonchev–Trinajstić information content (AvgIpc) is 3.71. The Kier molecular flexibility index (Phi) is 8.24.